The first-order valence-electron chi connectivity index (χ1n) is 5.29. The highest BCUT2D eigenvalue weighted by Crippen LogP contribution is 2.10. The first-order valence-corrected chi connectivity index (χ1v) is 5.29. The Kier molecular flexibility index (Phi) is 5.06. The summed E-state index contributed by atoms with van der Waals surface area (Å²) in [5.41, 5.74) is 0.398. The summed E-state index contributed by atoms with van der Waals surface area (Å²) in [7, 11) is 1.62. The van der Waals surface area contributed by atoms with Crippen molar-refractivity contribution in [1.29, 1.82) is 0 Å². The van der Waals surface area contributed by atoms with Crippen molar-refractivity contribution in [2.45, 2.75) is 19.6 Å². The predicted molar refractivity (Wildman–Crippen MR) is 61.5 cm³/mol. The van der Waals surface area contributed by atoms with Gasteiger partial charge in [0.1, 0.15) is 5.82 Å². The fourth-order valence-electron chi connectivity index (χ4n) is 1.35. The summed E-state index contributed by atoms with van der Waals surface area (Å²) in [6, 6.07) is 4.10. The highest BCUT2D eigenvalue weighted by molar-refractivity contribution is 5.87. The number of benzene rings is 1. The van der Waals surface area contributed by atoms with Gasteiger partial charge < -0.3 is 15.2 Å². The Morgan fingerprint density at radius 3 is 2.82 bits per heavy atom. The SMILES string of the molecule is COC(C)CNCc1ccc(C(=O)O)c(F)c1. The zero-order valence-electron chi connectivity index (χ0n) is 9.87. The largest absolute Gasteiger partial charge is 0.478 e. The smallest absolute Gasteiger partial charge is 0.338 e. The lowest BCUT2D eigenvalue weighted by Crippen LogP contribution is -2.25. The van der Waals surface area contributed by atoms with Crippen LogP contribution in [0.25, 0.3) is 0 Å². The fourth-order valence-corrected chi connectivity index (χ4v) is 1.35. The molecule has 5 heteroatoms. The van der Waals surface area contributed by atoms with Gasteiger partial charge in [0.2, 0.25) is 0 Å². The summed E-state index contributed by atoms with van der Waals surface area (Å²) in [6.45, 7) is 3.05. The van der Waals surface area contributed by atoms with E-state index in [1.54, 1.807) is 13.2 Å². The summed E-state index contributed by atoms with van der Waals surface area (Å²) in [4.78, 5) is 10.6. The number of methoxy groups -OCH3 is 1. The van der Waals surface area contributed by atoms with E-state index in [0.29, 0.717) is 18.7 Å². The minimum Gasteiger partial charge on any atom is -0.478 e. The van der Waals surface area contributed by atoms with Crippen LogP contribution in [0.4, 0.5) is 4.39 Å². The Hall–Kier alpha value is -1.46. The molecule has 0 aliphatic rings. The molecule has 4 nitrogen and oxygen atoms in total. The van der Waals surface area contributed by atoms with Gasteiger partial charge in [-0.05, 0) is 24.6 Å². The second kappa shape index (κ2) is 6.32. The van der Waals surface area contributed by atoms with Gasteiger partial charge in [-0.1, -0.05) is 6.07 Å². The number of carboxylic acid groups (broad SMARTS) is 1. The van der Waals surface area contributed by atoms with Crippen LogP contribution in [0, 0.1) is 5.82 Å². The number of halogens is 1. The lowest BCUT2D eigenvalue weighted by atomic mass is 10.1. The van der Waals surface area contributed by atoms with Gasteiger partial charge in [0, 0.05) is 20.2 Å². The second-order valence-electron chi connectivity index (χ2n) is 3.80. The highest BCUT2D eigenvalue weighted by atomic mass is 19.1. The minimum atomic E-state index is -1.25. The molecule has 0 radical (unpaired) electrons. The number of ether oxygens (including phenoxy) is 1. The Morgan fingerprint density at radius 1 is 1.59 bits per heavy atom. The molecule has 1 aromatic carbocycles. The number of carbonyl (C=O) groups is 1. The number of carboxylic acids is 1. The third-order valence-corrected chi connectivity index (χ3v) is 2.43. The van der Waals surface area contributed by atoms with Crippen LogP contribution < -0.4 is 5.32 Å². The predicted octanol–water partition coefficient (Wildman–Crippen LogP) is 1.65. The average molecular weight is 241 g/mol. The Labute approximate surface area is 99.4 Å². The lowest BCUT2D eigenvalue weighted by Gasteiger charge is -2.10. The maximum Gasteiger partial charge on any atom is 0.338 e. The van der Waals surface area contributed by atoms with Crippen molar-refractivity contribution in [2.75, 3.05) is 13.7 Å². The standard InChI is InChI=1S/C12H16FNO3/c1-8(17-2)6-14-7-9-3-4-10(12(15)16)11(13)5-9/h3-5,8,14H,6-7H2,1-2H3,(H,15,16). The van der Waals surface area contributed by atoms with Crippen LogP contribution in [0.5, 0.6) is 0 Å². The van der Waals surface area contributed by atoms with Gasteiger partial charge in [-0.25, -0.2) is 9.18 Å². The molecule has 17 heavy (non-hydrogen) atoms. The van der Waals surface area contributed by atoms with Crippen LogP contribution in [0.2, 0.25) is 0 Å². The van der Waals surface area contributed by atoms with Crippen molar-refractivity contribution in [1.82, 2.24) is 5.32 Å². The van der Waals surface area contributed by atoms with Crippen LogP contribution in [-0.4, -0.2) is 30.8 Å². The molecule has 0 fully saturated rings. The summed E-state index contributed by atoms with van der Waals surface area (Å²) >= 11 is 0. The van der Waals surface area contributed by atoms with Gasteiger partial charge in [-0.15, -0.1) is 0 Å². The monoisotopic (exact) mass is 241 g/mol. The lowest BCUT2D eigenvalue weighted by molar-refractivity contribution is 0.0692. The zero-order chi connectivity index (χ0) is 12.8. The van der Waals surface area contributed by atoms with E-state index in [4.69, 9.17) is 9.84 Å². The molecule has 2 N–H and O–H groups in total. The van der Waals surface area contributed by atoms with Gasteiger partial charge in [-0.3, -0.25) is 0 Å². The first-order chi connectivity index (χ1) is 8.04. The molecule has 1 atom stereocenters. The molecule has 0 aliphatic carbocycles. The van der Waals surface area contributed by atoms with Crippen LogP contribution in [-0.2, 0) is 11.3 Å². The molecular weight excluding hydrogens is 225 g/mol. The second-order valence-corrected chi connectivity index (χ2v) is 3.80. The van der Waals surface area contributed by atoms with Gasteiger partial charge in [-0.2, -0.15) is 0 Å². The number of nitrogens with one attached hydrogen (secondary N) is 1. The van der Waals surface area contributed by atoms with E-state index in [1.807, 2.05) is 6.92 Å². The molecule has 0 saturated heterocycles. The molecule has 94 valence electrons. The topological polar surface area (TPSA) is 58.6 Å². The molecule has 0 heterocycles. The third kappa shape index (κ3) is 4.13. The van der Waals surface area contributed by atoms with E-state index >= 15 is 0 Å². The van der Waals surface area contributed by atoms with Crippen LogP contribution in [0.1, 0.15) is 22.8 Å². The molecule has 0 spiro atoms. The molecule has 1 rings (SSSR count). The van der Waals surface area contributed by atoms with Gasteiger partial charge in [0.25, 0.3) is 0 Å². The van der Waals surface area contributed by atoms with Crippen molar-refractivity contribution in [3.63, 3.8) is 0 Å². The van der Waals surface area contributed by atoms with Crippen molar-refractivity contribution in [2.24, 2.45) is 0 Å². The molecule has 0 saturated carbocycles. The number of rotatable bonds is 6. The summed E-state index contributed by atoms with van der Waals surface area (Å²) < 4.78 is 18.4. The Bertz CT molecular complexity index is 395. The van der Waals surface area contributed by atoms with E-state index in [0.717, 1.165) is 0 Å². The Morgan fingerprint density at radius 2 is 2.29 bits per heavy atom. The average Bonchev–Trinajstić information content (AvgIpc) is 2.28. The van der Waals surface area contributed by atoms with Gasteiger partial charge in [0.15, 0.2) is 0 Å². The van der Waals surface area contributed by atoms with Crippen LogP contribution >= 0.6 is 0 Å². The van der Waals surface area contributed by atoms with Crippen molar-refractivity contribution in [3.05, 3.63) is 35.1 Å². The van der Waals surface area contributed by atoms with Crippen LogP contribution in [0.3, 0.4) is 0 Å². The van der Waals surface area contributed by atoms with E-state index in [9.17, 15) is 9.18 Å². The molecule has 0 amide bonds. The molecule has 0 aliphatic heterocycles. The van der Waals surface area contributed by atoms with Crippen molar-refractivity contribution < 1.29 is 19.0 Å². The fraction of sp³-hybridized carbons (Fsp3) is 0.417. The minimum absolute atomic E-state index is 0.0816. The molecule has 0 bridgehead atoms. The van der Waals surface area contributed by atoms with Crippen molar-refractivity contribution >= 4 is 5.97 Å². The molecule has 1 aromatic rings. The molecular formula is C12H16FNO3. The third-order valence-electron chi connectivity index (χ3n) is 2.43. The van der Waals surface area contributed by atoms with Crippen LogP contribution in [0.15, 0.2) is 18.2 Å². The summed E-state index contributed by atoms with van der Waals surface area (Å²) in [5, 5.41) is 11.8. The van der Waals surface area contributed by atoms with E-state index in [-0.39, 0.29) is 11.7 Å². The Balaban J connectivity index is 2.56. The van der Waals surface area contributed by atoms with E-state index < -0.39 is 11.8 Å². The molecule has 0 aromatic heterocycles. The maximum atomic E-state index is 13.3. The maximum absolute atomic E-state index is 13.3. The highest BCUT2D eigenvalue weighted by Gasteiger charge is 2.10. The van der Waals surface area contributed by atoms with Gasteiger partial charge >= 0.3 is 5.97 Å². The normalized spacial score (nSPS) is 12.4. The van der Waals surface area contributed by atoms with E-state index in [1.165, 1.54) is 12.1 Å². The summed E-state index contributed by atoms with van der Waals surface area (Å²) in [5.74, 6) is -1.97. The van der Waals surface area contributed by atoms with Crippen molar-refractivity contribution in [3.8, 4) is 0 Å². The zero-order valence-corrected chi connectivity index (χ0v) is 9.87. The summed E-state index contributed by atoms with van der Waals surface area (Å²) in [6.07, 6.45) is 0.0816. The number of aromatic carboxylic acids is 1. The number of hydrogen-bond acceptors (Lipinski definition) is 3. The molecule has 1 unspecified atom stereocenters. The van der Waals surface area contributed by atoms with E-state index in [2.05, 4.69) is 5.32 Å². The first kappa shape index (κ1) is 13.6. The van der Waals surface area contributed by atoms with Gasteiger partial charge in [0.05, 0.1) is 11.7 Å². The quantitative estimate of drug-likeness (QED) is 0.795. The number of hydrogen-bond donors (Lipinski definition) is 2.